The summed E-state index contributed by atoms with van der Waals surface area (Å²) in [5.74, 6) is 0. The van der Waals surface area contributed by atoms with Crippen molar-refractivity contribution in [3.8, 4) is 0 Å². The van der Waals surface area contributed by atoms with Crippen molar-refractivity contribution in [2.45, 2.75) is 116 Å². The van der Waals surface area contributed by atoms with Gasteiger partial charge in [0, 0.05) is 85.3 Å². The molecule has 0 aliphatic heterocycles. The van der Waals surface area contributed by atoms with Crippen molar-refractivity contribution in [3.63, 3.8) is 0 Å². The third kappa shape index (κ3) is 25.3. The first-order chi connectivity index (χ1) is 57.3. The third-order valence-electron chi connectivity index (χ3n) is 20.2. The van der Waals surface area contributed by atoms with E-state index in [0.717, 1.165) is 41.0 Å². The highest BCUT2D eigenvalue weighted by molar-refractivity contribution is 5.82. The number of hydrogen-bond donors (Lipinski definition) is 2. The summed E-state index contributed by atoms with van der Waals surface area (Å²) in [6, 6.07) is 129. The number of aryl methyl sites for hydroxylation is 13. The number of aliphatic hydroxyl groups excluding tert-OH is 2. The largest absolute Gasteiger partial charge is 0.392 e. The van der Waals surface area contributed by atoms with Gasteiger partial charge in [0.15, 0.2) is 0 Å². The molecule has 0 bridgehead atoms. The van der Waals surface area contributed by atoms with E-state index in [2.05, 4.69) is 456 Å². The number of benzene rings is 15. The molecule has 0 aliphatic carbocycles. The van der Waals surface area contributed by atoms with E-state index in [1.165, 1.54) is 141 Å². The zero-order valence-electron chi connectivity index (χ0n) is 71.4. The van der Waals surface area contributed by atoms with Crippen LogP contribution in [0, 0.1) is 76.2 Å². The van der Waals surface area contributed by atoms with Crippen LogP contribution in [0.25, 0.3) is 0 Å². The molecule has 0 amide bonds. The number of anilines is 15. The minimum absolute atomic E-state index is 0.0377. The maximum absolute atomic E-state index is 9.25. The lowest BCUT2D eigenvalue weighted by Gasteiger charge is -2.26. The van der Waals surface area contributed by atoms with Crippen LogP contribution in [0.1, 0.15) is 97.3 Å². The zero-order chi connectivity index (χ0) is 84.5. The molecule has 0 aliphatic rings. The highest BCUT2D eigenvalue weighted by Crippen LogP contribution is 2.41. The predicted molar refractivity (Wildman–Crippen MR) is 511 cm³/mol. The van der Waals surface area contributed by atoms with E-state index < -0.39 is 0 Å². The van der Waals surface area contributed by atoms with Crippen LogP contribution < -0.4 is 24.5 Å². The van der Waals surface area contributed by atoms with Gasteiger partial charge in [-0.3, -0.25) is 0 Å². The Morgan fingerprint density at radius 1 is 0.153 bits per heavy atom. The van der Waals surface area contributed by atoms with E-state index in [-0.39, 0.29) is 13.2 Å². The van der Waals surface area contributed by atoms with E-state index >= 15 is 0 Å². The molecule has 15 aromatic rings. The summed E-state index contributed by atoms with van der Waals surface area (Å²) in [7, 11) is 0. The molecule has 15 rings (SSSR count). The normalized spacial score (nSPS) is 10.3. The summed E-state index contributed by atoms with van der Waals surface area (Å²) in [4.78, 5) is 11.3. The summed E-state index contributed by atoms with van der Waals surface area (Å²) in [5, 5.41) is 18.5. The molecule has 7 heteroatoms. The van der Waals surface area contributed by atoms with Gasteiger partial charge in [-0.05, 0) is 293 Å². The van der Waals surface area contributed by atoms with E-state index in [9.17, 15) is 10.2 Å². The highest BCUT2D eigenvalue weighted by Gasteiger charge is 2.18. The van der Waals surface area contributed by atoms with Gasteiger partial charge >= 0.3 is 0 Å². The van der Waals surface area contributed by atoms with Crippen molar-refractivity contribution in [2.75, 3.05) is 24.5 Å². The van der Waals surface area contributed by atoms with Gasteiger partial charge in [0.2, 0.25) is 0 Å². The molecule has 0 radical (unpaired) electrons. The molecule has 598 valence electrons. The van der Waals surface area contributed by atoms with Crippen LogP contribution in [0.5, 0.6) is 0 Å². The number of hydrogen-bond acceptors (Lipinski definition) is 7. The average molecular weight is 1550 g/mol. The van der Waals surface area contributed by atoms with E-state index in [1.54, 1.807) is 0 Å². The molecule has 7 nitrogen and oxygen atoms in total. The standard InChI is InChI=1S/C23H25N.C21H21NO2.3C21H21N.2C2H4/c1-4-19-8-14-22(15-9-19)24(21-12-6-18(3)7-13-21)23-16-10-20(5-2)11-17-23;1-16-2-8-19(9-3-16)22(20-10-4-17(14-23)5-11-20)21-12-6-18(15-24)7-13-21;3*1-16-4-10-19(11-5-16)22(20-12-6-17(2)7-13-20)21-14-8-18(3)9-15-21;2*1-2/h6-17H,4-5H2,1-3H3;2-13,23-24H,14-15H2,1H3;3*4-15H,1-3H3;2*1-2H2. The Morgan fingerprint density at radius 2 is 0.237 bits per heavy atom. The maximum Gasteiger partial charge on any atom is 0.0681 e. The van der Waals surface area contributed by atoms with Crippen molar-refractivity contribution < 1.29 is 10.2 Å². The van der Waals surface area contributed by atoms with Crippen LogP contribution in [-0.4, -0.2) is 10.2 Å². The van der Waals surface area contributed by atoms with Crippen LogP contribution in [0.3, 0.4) is 0 Å². The summed E-state index contributed by atoms with van der Waals surface area (Å²) in [6.07, 6.45) is 2.13. The third-order valence-corrected chi connectivity index (χ3v) is 20.2. The molecule has 0 fully saturated rings. The van der Waals surface area contributed by atoms with Gasteiger partial charge in [-0.15, -0.1) is 26.3 Å². The molecule has 0 spiro atoms. The molecule has 0 saturated carbocycles. The smallest absolute Gasteiger partial charge is 0.0681 e. The van der Waals surface area contributed by atoms with E-state index in [0.29, 0.717) is 0 Å². The molecule has 0 atom stereocenters. The first-order valence-corrected chi connectivity index (χ1v) is 40.6. The summed E-state index contributed by atoms with van der Waals surface area (Å²) >= 11 is 0. The van der Waals surface area contributed by atoms with Gasteiger partial charge in [-0.1, -0.05) is 257 Å². The Bertz CT molecular complexity index is 4520. The Kier molecular flexibility index (Phi) is 33.9. The number of nitrogens with zero attached hydrogens (tertiary/aromatic N) is 5. The fourth-order valence-electron chi connectivity index (χ4n) is 13.1. The average Bonchev–Trinajstić information content (AvgIpc) is 0.846. The molecule has 118 heavy (non-hydrogen) atoms. The second-order valence-corrected chi connectivity index (χ2v) is 29.6. The quantitative estimate of drug-likeness (QED) is 0.0783. The van der Waals surface area contributed by atoms with Gasteiger partial charge in [0.05, 0.1) is 13.2 Å². The molecule has 0 aromatic heterocycles. The molecule has 15 aromatic carbocycles. The second-order valence-electron chi connectivity index (χ2n) is 29.6. The number of aliphatic hydroxyl groups is 2. The first-order valence-electron chi connectivity index (χ1n) is 40.6. The lowest BCUT2D eigenvalue weighted by molar-refractivity contribution is 0.281. The van der Waals surface area contributed by atoms with Crippen LogP contribution in [-0.2, 0) is 26.1 Å². The maximum atomic E-state index is 9.25. The topological polar surface area (TPSA) is 56.7 Å². The SMILES string of the molecule is C=C.C=C.CCc1ccc(N(c2ccc(C)cc2)c2ccc(CC)cc2)cc1.Cc1ccc(N(c2ccc(C)cc2)c2ccc(C)cc2)cc1.Cc1ccc(N(c2ccc(C)cc2)c2ccc(C)cc2)cc1.Cc1ccc(N(c2ccc(C)cc2)c2ccc(C)cc2)cc1.Cc1ccc(N(c2ccc(CO)cc2)c2ccc(CO)cc2)cc1. The van der Waals surface area contributed by atoms with Gasteiger partial charge in [-0.2, -0.15) is 0 Å². The lowest BCUT2D eigenvalue weighted by atomic mass is 10.1. The molecule has 0 heterocycles. The number of rotatable bonds is 19. The highest BCUT2D eigenvalue weighted by atomic mass is 16.3. The van der Waals surface area contributed by atoms with Gasteiger partial charge in [0.25, 0.3) is 0 Å². The predicted octanol–water partition coefficient (Wildman–Crippen LogP) is 30.9. The van der Waals surface area contributed by atoms with Crippen LogP contribution >= 0.6 is 0 Å². The minimum atomic E-state index is 0.0377. The second kappa shape index (κ2) is 45.1. The van der Waals surface area contributed by atoms with E-state index in [4.69, 9.17) is 0 Å². The lowest BCUT2D eigenvalue weighted by Crippen LogP contribution is -2.10. The molecule has 2 N–H and O–H groups in total. The van der Waals surface area contributed by atoms with Crippen molar-refractivity contribution in [1.29, 1.82) is 0 Å². The van der Waals surface area contributed by atoms with Gasteiger partial charge in [0.1, 0.15) is 0 Å². The Balaban J connectivity index is 0.000000166. The summed E-state index contributed by atoms with van der Waals surface area (Å²) < 4.78 is 0. The van der Waals surface area contributed by atoms with Gasteiger partial charge < -0.3 is 34.7 Å². The Morgan fingerprint density at radius 3 is 0.322 bits per heavy atom. The molecule has 0 saturated heterocycles. The summed E-state index contributed by atoms with van der Waals surface area (Å²) in [6.45, 7) is 39.7. The fourth-order valence-corrected chi connectivity index (χ4v) is 13.1. The molecular weight excluding hydrogens is 1440 g/mol. The van der Waals surface area contributed by atoms with Crippen LogP contribution in [0.15, 0.2) is 390 Å². The van der Waals surface area contributed by atoms with Crippen molar-refractivity contribution in [2.24, 2.45) is 0 Å². The fraction of sp³-hybridized carbons (Fsp3) is 0.153. The van der Waals surface area contributed by atoms with Crippen LogP contribution in [0.4, 0.5) is 85.3 Å². The van der Waals surface area contributed by atoms with Crippen molar-refractivity contribution in [3.05, 3.63) is 474 Å². The van der Waals surface area contributed by atoms with Crippen molar-refractivity contribution >= 4 is 85.3 Å². The zero-order valence-corrected chi connectivity index (χ0v) is 71.4. The van der Waals surface area contributed by atoms with E-state index in [1.807, 2.05) is 48.5 Å². The van der Waals surface area contributed by atoms with Crippen molar-refractivity contribution in [1.82, 2.24) is 0 Å². The molecular formula is C111H117N5O2. The minimum Gasteiger partial charge on any atom is -0.392 e. The molecule has 0 unspecified atom stereocenters. The summed E-state index contributed by atoms with van der Waals surface area (Å²) in [5.41, 5.74) is 35.8. The van der Waals surface area contributed by atoms with Crippen LogP contribution in [0.2, 0.25) is 0 Å². The monoisotopic (exact) mass is 1550 g/mol. The van der Waals surface area contributed by atoms with Gasteiger partial charge in [-0.25, -0.2) is 0 Å². The first kappa shape index (κ1) is 88.6. The Labute approximate surface area is 705 Å². The Hall–Kier alpha value is -13.3.